The zero-order valence-corrected chi connectivity index (χ0v) is 26.4. The van der Waals surface area contributed by atoms with Gasteiger partial charge >= 0.3 is 0 Å². The molecule has 0 bridgehead atoms. The molecule has 2 saturated heterocycles. The predicted octanol–water partition coefficient (Wildman–Crippen LogP) is 5.67. The van der Waals surface area contributed by atoms with Crippen molar-refractivity contribution in [3.05, 3.63) is 64.2 Å². The number of allylic oxidation sites excluding steroid dienone is 2. The van der Waals surface area contributed by atoms with E-state index in [1.54, 1.807) is 37.3 Å². The highest BCUT2D eigenvalue weighted by Gasteiger charge is 2.76. The second-order valence-corrected chi connectivity index (χ2v) is 13.2. The predicted molar refractivity (Wildman–Crippen MR) is 161 cm³/mol. The zero-order valence-electron chi connectivity index (χ0n) is 22.6. The normalized spacial score (nSPS) is 32.1. The highest BCUT2D eigenvalue weighted by molar-refractivity contribution is 9.09. The highest BCUT2D eigenvalue weighted by atomic mass is 79.9. The Hall–Kier alpha value is -2.59. The number of hydrogen-bond donors (Lipinski definition) is 1. The Balaban J connectivity index is 1.52. The minimum Gasteiger partial charge on any atom is -0.504 e. The summed E-state index contributed by atoms with van der Waals surface area (Å²) in [5.74, 6) is -5.19. The average Bonchev–Trinajstić information content (AvgIpc) is 3.29. The number of aromatic hydroxyl groups is 1. The van der Waals surface area contributed by atoms with E-state index in [1.165, 1.54) is 6.07 Å². The standard InChI is InChI=1S/C30H26BrCl3N2O6/c1-3-42-22-10-15(5-9-21(22)37)24-17-7-8-18-23(26(39)36(25(18)38)16-6-4-14(2)20(32)11-16)19(17)12-29(33)27(40)35(13-31)28(41)30(24,29)34/h4-7,9-11,18-19,23-24,37H,3,8,12-13H2,1-2H3. The van der Waals surface area contributed by atoms with Crippen molar-refractivity contribution in [1.29, 1.82) is 0 Å². The lowest BCUT2D eigenvalue weighted by Crippen LogP contribution is -2.60. The quantitative estimate of drug-likeness (QED) is 0.187. The van der Waals surface area contributed by atoms with Gasteiger partial charge < -0.3 is 9.84 Å². The fourth-order valence-corrected chi connectivity index (χ4v) is 8.68. The summed E-state index contributed by atoms with van der Waals surface area (Å²) < 4.78 is 5.61. The summed E-state index contributed by atoms with van der Waals surface area (Å²) >= 11 is 24.1. The largest absolute Gasteiger partial charge is 0.504 e. The van der Waals surface area contributed by atoms with Gasteiger partial charge in [-0.2, -0.15) is 0 Å². The van der Waals surface area contributed by atoms with E-state index in [2.05, 4.69) is 15.9 Å². The number of anilines is 1. The molecule has 2 aromatic carbocycles. The van der Waals surface area contributed by atoms with Crippen LogP contribution in [0.3, 0.4) is 0 Å². The number of alkyl halides is 3. The molecule has 1 saturated carbocycles. The van der Waals surface area contributed by atoms with Crippen molar-refractivity contribution >= 4 is 80.0 Å². The Morgan fingerprint density at radius 3 is 2.45 bits per heavy atom. The van der Waals surface area contributed by atoms with Crippen LogP contribution < -0.4 is 9.64 Å². The number of phenolic OH excluding ortho intramolecular Hbond substituents is 1. The molecule has 4 aliphatic rings. The number of halogens is 4. The fraction of sp³-hybridized carbons (Fsp3) is 0.400. The van der Waals surface area contributed by atoms with Gasteiger partial charge in [-0.05, 0) is 68.0 Å². The number of imide groups is 2. The van der Waals surface area contributed by atoms with Gasteiger partial charge in [0.25, 0.3) is 11.8 Å². The number of phenols is 1. The molecule has 2 aromatic rings. The Kier molecular flexibility index (Phi) is 7.20. The molecule has 8 nitrogen and oxygen atoms in total. The Morgan fingerprint density at radius 1 is 1.05 bits per heavy atom. The van der Waals surface area contributed by atoms with E-state index in [9.17, 15) is 24.3 Å². The molecule has 2 aliphatic carbocycles. The van der Waals surface area contributed by atoms with Gasteiger partial charge in [0.1, 0.15) is 0 Å². The van der Waals surface area contributed by atoms with Gasteiger partial charge in [0.15, 0.2) is 21.2 Å². The molecule has 220 valence electrons. The molecule has 2 aliphatic heterocycles. The number of hydrogen-bond acceptors (Lipinski definition) is 6. The number of carbonyl (C=O) groups is 4. The van der Waals surface area contributed by atoms with Gasteiger partial charge in [0.05, 0.1) is 29.6 Å². The van der Waals surface area contributed by atoms with Gasteiger partial charge in [0.2, 0.25) is 11.8 Å². The molecular weight excluding hydrogens is 671 g/mol. The van der Waals surface area contributed by atoms with Crippen LogP contribution in [-0.2, 0) is 19.2 Å². The van der Waals surface area contributed by atoms with E-state index in [1.807, 2.05) is 13.0 Å². The number of aryl methyl sites for hydroxylation is 1. The van der Waals surface area contributed by atoms with Gasteiger partial charge in [-0.15, -0.1) is 23.2 Å². The second-order valence-electron chi connectivity index (χ2n) is 11.1. The van der Waals surface area contributed by atoms with Gasteiger partial charge in [-0.25, -0.2) is 4.90 Å². The van der Waals surface area contributed by atoms with E-state index in [0.717, 1.165) is 15.4 Å². The van der Waals surface area contributed by atoms with E-state index in [4.69, 9.17) is 39.5 Å². The summed E-state index contributed by atoms with van der Waals surface area (Å²) in [6, 6.07) is 9.64. The minimum absolute atomic E-state index is 0.105. The van der Waals surface area contributed by atoms with Crippen LogP contribution in [-0.4, -0.2) is 55.4 Å². The lowest BCUT2D eigenvalue weighted by atomic mass is 9.56. The van der Waals surface area contributed by atoms with Crippen molar-refractivity contribution in [2.45, 2.75) is 42.4 Å². The summed E-state index contributed by atoms with van der Waals surface area (Å²) in [4.78, 5) is 53.8. The summed E-state index contributed by atoms with van der Waals surface area (Å²) in [6.45, 7) is 3.86. The van der Waals surface area contributed by atoms with Crippen LogP contribution in [0.1, 0.15) is 36.8 Å². The smallest absolute Gasteiger partial charge is 0.254 e. The molecule has 0 radical (unpaired) electrons. The molecule has 6 rings (SSSR count). The number of carbonyl (C=O) groups excluding carboxylic acids is 4. The third-order valence-electron chi connectivity index (χ3n) is 9.05. The van der Waals surface area contributed by atoms with Gasteiger partial charge in [-0.3, -0.25) is 24.1 Å². The summed E-state index contributed by atoms with van der Waals surface area (Å²) in [5.41, 5.74) is 2.20. The SMILES string of the molecule is CCOc1cc(C2C3=CCC4C(=O)N(c5ccc(C)c(Cl)c5)C(=O)C4C3CC3(Cl)C(=O)N(CBr)C(=O)C23Cl)ccc1O. The van der Waals surface area contributed by atoms with Crippen LogP contribution >= 0.6 is 50.7 Å². The van der Waals surface area contributed by atoms with Crippen LogP contribution in [0.2, 0.25) is 5.02 Å². The molecule has 4 amide bonds. The minimum atomic E-state index is -1.94. The third kappa shape index (κ3) is 3.86. The number of fused-ring (bicyclic) bond motifs is 4. The summed E-state index contributed by atoms with van der Waals surface area (Å²) in [6.07, 6.45) is 1.97. The van der Waals surface area contributed by atoms with Crippen molar-refractivity contribution in [3.8, 4) is 11.5 Å². The molecule has 42 heavy (non-hydrogen) atoms. The van der Waals surface area contributed by atoms with Crippen molar-refractivity contribution in [1.82, 2.24) is 4.90 Å². The summed E-state index contributed by atoms with van der Waals surface area (Å²) in [5, 5.41) is 10.8. The van der Waals surface area contributed by atoms with Crippen LogP contribution in [0.4, 0.5) is 5.69 Å². The molecule has 0 aromatic heterocycles. The first kappa shape index (κ1) is 29.5. The summed E-state index contributed by atoms with van der Waals surface area (Å²) in [7, 11) is 0. The monoisotopic (exact) mass is 694 g/mol. The van der Waals surface area contributed by atoms with Gasteiger partial charge in [-0.1, -0.05) is 51.3 Å². The number of benzene rings is 2. The van der Waals surface area contributed by atoms with Crippen LogP contribution in [0.25, 0.3) is 0 Å². The Bertz CT molecular complexity index is 1600. The van der Waals surface area contributed by atoms with Crippen LogP contribution in [0, 0.1) is 24.7 Å². The van der Waals surface area contributed by atoms with E-state index >= 15 is 0 Å². The first-order valence-electron chi connectivity index (χ1n) is 13.5. The van der Waals surface area contributed by atoms with E-state index in [-0.39, 0.29) is 42.3 Å². The van der Waals surface area contributed by atoms with Crippen LogP contribution in [0.5, 0.6) is 11.5 Å². The van der Waals surface area contributed by atoms with Crippen molar-refractivity contribution < 1.29 is 29.0 Å². The Labute approximate surface area is 265 Å². The molecule has 12 heteroatoms. The van der Waals surface area contributed by atoms with E-state index in [0.29, 0.717) is 21.8 Å². The Morgan fingerprint density at radius 2 is 1.79 bits per heavy atom. The second kappa shape index (κ2) is 10.3. The number of ether oxygens (including phenoxy) is 1. The molecule has 3 fully saturated rings. The number of amides is 4. The maximum Gasteiger partial charge on any atom is 0.254 e. The zero-order chi connectivity index (χ0) is 30.3. The first-order chi connectivity index (χ1) is 19.9. The third-order valence-corrected chi connectivity index (χ3v) is 11.4. The molecular formula is C30H26BrCl3N2O6. The molecule has 6 unspecified atom stereocenters. The number of likely N-dealkylation sites (tertiary alicyclic amines) is 1. The van der Waals surface area contributed by atoms with Crippen molar-refractivity contribution in [2.24, 2.45) is 17.8 Å². The topological polar surface area (TPSA) is 104 Å². The highest BCUT2D eigenvalue weighted by Crippen LogP contribution is 2.65. The van der Waals surface area contributed by atoms with Crippen molar-refractivity contribution in [2.75, 3.05) is 17.0 Å². The fourth-order valence-electron chi connectivity index (χ4n) is 7.08. The molecule has 0 spiro atoms. The lowest BCUT2D eigenvalue weighted by molar-refractivity contribution is -0.138. The molecule has 6 atom stereocenters. The van der Waals surface area contributed by atoms with E-state index < -0.39 is 51.1 Å². The van der Waals surface area contributed by atoms with Crippen molar-refractivity contribution in [3.63, 3.8) is 0 Å². The average molecular weight is 697 g/mol. The van der Waals surface area contributed by atoms with Gasteiger partial charge in [0, 0.05) is 10.9 Å². The van der Waals surface area contributed by atoms with Crippen LogP contribution in [0.15, 0.2) is 48.0 Å². The molecule has 2 heterocycles. The molecule has 1 N–H and O–H groups in total. The number of nitrogens with zero attached hydrogens (tertiary/aromatic N) is 2. The lowest BCUT2D eigenvalue weighted by Gasteiger charge is -2.50. The first-order valence-corrected chi connectivity index (χ1v) is 15.8. The number of rotatable bonds is 5. The maximum atomic E-state index is 14.1. The maximum absolute atomic E-state index is 14.1.